The van der Waals surface area contributed by atoms with Crippen molar-refractivity contribution < 1.29 is 9.84 Å². The maximum Gasteiger partial charge on any atom is 0.122 e. The molecule has 2 rings (SSSR count). The number of benzene rings is 1. The number of likely N-dealkylation sites (N-methyl/N-ethyl adjacent to an activating group) is 1. The van der Waals surface area contributed by atoms with E-state index in [-0.39, 0.29) is 6.61 Å². The number of aliphatic hydroxyl groups excluding tert-OH is 1. The Balaban J connectivity index is 1.78. The van der Waals surface area contributed by atoms with E-state index in [0.29, 0.717) is 13.1 Å². The molecule has 2 aromatic rings. The summed E-state index contributed by atoms with van der Waals surface area (Å²) in [5, 5.41) is 10.1. The van der Waals surface area contributed by atoms with Gasteiger partial charge in [-0.3, -0.25) is 4.90 Å². The molecule has 0 radical (unpaired) electrons. The average molecular weight is 289 g/mol. The van der Waals surface area contributed by atoms with Crippen molar-refractivity contribution in [1.82, 2.24) is 14.5 Å². The molecule has 0 bridgehead atoms. The van der Waals surface area contributed by atoms with Crippen LogP contribution in [0.4, 0.5) is 0 Å². The molecule has 1 heterocycles. The van der Waals surface area contributed by atoms with Gasteiger partial charge in [-0.25, -0.2) is 4.98 Å². The molecule has 0 spiro atoms. The molecule has 5 heteroatoms. The zero-order chi connectivity index (χ0) is 15.2. The number of nitrogens with zero attached hydrogens (tertiary/aromatic N) is 3. The van der Waals surface area contributed by atoms with E-state index >= 15 is 0 Å². The van der Waals surface area contributed by atoms with Gasteiger partial charge in [-0.1, -0.05) is 18.2 Å². The summed E-state index contributed by atoms with van der Waals surface area (Å²) in [5.74, 6) is 1.80. The molecule has 1 aromatic carbocycles. The summed E-state index contributed by atoms with van der Waals surface area (Å²) in [4.78, 5) is 6.31. The second-order valence-corrected chi connectivity index (χ2v) is 5.38. The normalized spacial score (nSPS) is 12.6. The molecule has 0 aliphatic rings. The fraction of sp³-hybridized carbons (Fsp3) is 0.438. The summed E-state index contributed by atoms with van der Waals surface area (Å²) in [6.45, 7) is 3.52. The lowest BCUT2D eigenvalue weighted by atomic mass is 10.2. The van der Waals surface area contributed by atoms with Crippen LogP contribution in [0.5, 0.6) is 5.75 Å². The van der Waals surface area contributed by atoms with Crippen LogP contribution in [0, 0.1) is 6.92 Å². The van der Waals surface area contributed by atoms with Crippen LogP contribution < -0.4 is 4.74 Å². The molecule has 1 aromatic heterocycles. The van der Waals surface area contributed by atoms with Crippen molar-refractivity contribution in [1.29, 1.82) is 0 Å². The minimum atomic E-state index is -0.533. The molecule has 1 N–H and O–H groups in total. The van der Waals surface area contributed by atoms with Crippen LogP contribution in [0.15, 0.2) is 36.7 Å². The van der Waals surface area contributed by atoms with Crippen molar-refractivity contribution in [2.45, 2.75) is 19.6 Å². The Kier molecular flexibility index (Phi) is 5.36. The van der Waals surface area contributed by atoms with Crippen LogP contribution in [0.25, 0.3) is 0 Å². The highest BCUT2D eigenvalue weighted by molar-refractivity contribution is 5.31. The number of rotatable bonds is 7. The Hall–Kier alpha value is -1.85. The molecule has 0 aliphatic heterocycles. The van der Waals surface area contributed by atoms with Crippen molar-refractivity contribution in [2.75, 3.05) is 20.2 Å². The van der Waals surface area contributed by atoms with Crippen LogP contribution in [0.1, 0.15) is 11.4 Å². The van der Waals surface area contributed by atoms with Gasteiger partial charge in [0.1, 0.15) is 24.3 Å². The smallest absolute Gasteiger partial charge is 0.122 e. The maximum atomic E-state index is 10.1. The standard InChI is InChI=1S/C16H23N3O2/c1-13-6-4-5-7-15(13)21-12-14(20)10-18(2)11-16-17-8-9-19(16)3/h4-9,14,20H,10-12H2,1-3H3. The van der Waals surface area contributed by atoms with Crippen molar-refractivity contribution >= 4 is 0 Å². The predicted molar refractivity (Wildman–Crippen MR) is 82.2 cm³/mol. The number of imidazole rings is 1. The van der Waals surface area contributed by atoms with Crippen molar-refractivity contribution in [3.05, 3.63) is 48.0 Å². The second-order valence-electron chi connectivity index (χ2n) is 5.38. The Labute approximate surface area is 125 Å². The number of aryl methyl sites for hydroxylation is 2. The van der Waals surface area contributed by atoms with Crippen LogP contribution in [-0.4, -0.2) is 45.9 Å². The minimum absolute atomic E-state index is 0.287. The third kappa shape index (κ3) is 4.58. The summed E-state index contributed by atoms with van der Waals surface area (Å²) in [5.41, 5.74) is 1.08. The number of hydrogen-bond donors (Lipinski definition) is 1. The molecule has 1 atom stereocenters. The van der Waals surface area contributed by atoms with Gasteiger partial charge in [-0.2, -0.15) is 0 Å². The van der Waals surface area contributed by atoms with E-state index in [9.17, 15) is 5.11 Å². The molecule has 21 heavy (non-hydrogen) atoms. The number of aromatic nitrogens is 2. The third-order valence-electron chi connectivity index (χ3n) is 3.38. The Morgan fingerprint density at radius 2 is 2.14 bits per heavy atom. The first-order chi connectivity index (χ1) is 10.1. The molecule has 0 saturated carbocycles. The first-order valence-electron chi connectivity index (χ1n) is 7.07. The lowest BCUT2D eigenvalue weighted by Gasteiger charge is -2.20. The van der Waals surface area contributed by atoms with Crippen molar-refractivity contribution in [3.8, 4) is 5.75 Å². The summed E-state index contributed by atoms with van der Waals surface area (Å²) >= 11 is 0. The Morgan fingerprint density at radius 1 is 1.38 bits per heavy atom. The van der Waals surface area contributed by atoms with E-state index < -0.39 is 6.10 Å². The van der Waals surface area contributed by atoms with E-state index in [1.165, 1.54) is 0 Å². The number of hydrogen-bond acceptors (Lipinski definition) is 4. The lowest BCUT2D eigenvalue weighted by molar-refractivity contribution is 0.0732. The van der Waals surface area contributed by atoms with E-state index in [0.717, 1.165) is 17.1 Å². The van der Waals surface area contributed by atoms with Crippen LogP contribution in [0.2, 0.25) is 0 Å². The summed E-state index contributed by atoms with van der Waals surface area (Å²) in [6, 6.07) is 7.82. The highest BCUT2D eigenvalue weighted by atomic mass is 16.5. The number of ether oxygens (including phenoxy) is 1. The molecule has 0 fully saturated rings. The molecule has 1 unspecified atom stereocenters. The molecule has 5 nitrogen and oxygen atoms in total. The van der Waals surface area contributed by atoms with Gasteiger partial charge in [-0.15, -0.1) is 0 Å². The summed E-state index contributed by atoms with van der Waals surface area (Å²) < 4.78 is 7.64. The monoisotopic (exact) mass is 289 g/mol. The minimum Gasteiger partial charge on any atom is -0.491 e. The molecule has 0 aliphatic carbocycles. The third-order valence-corrected chi connectivity index (χ3v) is 3.38. The van der Waals surface area contributed by atoms with Gasteiger partial charge < -0.3 is 14.4 Å². The molecule has 114 valence electrons. The van der Waals surface area contributed by atoms with Crippen LogP contribution >= 0.6 is 0 Å². The second kappa shape index (κ2) is 7.24. The first-order valence-corrected chi connectivity index (χ1v) is 7.07. The highest BCUT2D eigenvalue weighted by Gasteiger charge is 2.11. The number of aliphatic hydroxyl groups is 1. The van der Waals surface area contributed by atoms with Gasteiger partial charge in [0.25, 0.3) is 0 Å². The number of para-hydroxylation sites is 1. The summed E-state index contributed by atoms with van der Waals surface area (Å²) in [7, 11) is 3.93. The predicted octanol–water partition coefficient (Wildman–Crippen LogP) is 1.60. The van der Waals surface area contributed by atoms with E-state index in [1.54, 1.807) is 6.20 Å². The topological polar surface area (TPSA) is 50.5 Å². The quantitative estimate of drug-likeness (QED) is 0.841. The fourth-order valence-corrected chi connectivity index (χ4v) is 2.17. The molecular weight excluding hydrogens is 266 g/mol. The van der Waals surface area contributed by atoms with Gasteiger partial charge in [0.2, 0.25) is 0 Å². The van der Waals surface area contributed by atoms with Gasteiger partial charge >= 0.3 is 0 Å². The highest BCUT2D eigenvalue weighted by Crippen LogP contribution is 2.16. The van der Waals surface area contributed by atoms with Crippen LogP contribution in [-0.2, 0) is 13.6 Å². The van der Waals surface area contributed by atoms with Crippen LogP contribution in [0.3, 0.4) is 0 Å². The Bertz CT molecular complexity index is 568. The molecule has 0 saturated heterocycles. The average Bonchev–Trinajstić information content (AvgIpc) is 2.83. The van der Waals surface area contributed by atoms with E-state index in [4.69, 9.17) is 4.74 Å². The summed E-state index contributed by atoms with van der Waals surface area (Å²) in [6.07, 6.45) is 3.16. The maximum absolute atomic E-state index is 10.1. The van der Waals surface area contributed by atoms with Gasteiger partial charge in [0.05, 0.1) is 6.54 Å². The van der Waals surface area contributed by atoms with Gasteiger partial charge in [0.15, 0.2) is 0 Å². The Morgan fingerprint density at radius 3 is 2.81 bits per heavy atom. The van der Waals surface area contributed by atoms with E-state index in [2.05, 4.69) is 4.98 Å². The van der Waals surface area contributed by atoms with E-state index in [1.807, 2.05) is 60.9 Å². The lowest BCUT2D eigenvalue weighted by Crippen LogP contribution is -2.33. The zero-order valence-electron chi connectivity index (χ0n) is 12.9. The van der Waals surface area contributed by atoms with Crippen molar-refractivity contribution in [2.24, 2.45) is 7.05 Å². The van der Waals surface area contributed by atoms with Crippen molar-refractivity contribution in [3.63, 3.8) is 0 Å². The molecule has 0 amide bonds. The first kappa shape index (κ1) is 15.5. The van der Waals surface area contributed by atoms with Gasteiger partial charge in [0, 0.05) is 26.0 Å². The zero-order valence-corrected chi connectivity index (χ0v) is 12.9. The largest absolute Gasteiger partial charge is 0.491 e. The molecular formula is C16H23N3O2. The fourth-order valence-electron chi connectivity index (χ4n) is 2.17. The van der Waals surface area contributed by atoms with Gasteiger partial charge in [-0.05, 0) is 25.6 Å². The SMILES string of the molecule is Cc1ccccc1OCC(O)CN(C)Cc1nccn1C.